The molecule has 2 aromatic rings. The Kier molecular flexibility index (Phi) is 9.89. The van der Waals surface area contributed by atoms with Crippen molar-refractivity contribution in [2.75, 3.05) is 6.61 Å². The van der Waals surface area contributed by atoms with Crippen LogP contribution in [-0.4, -0.2) is 49.6 Å². The van der Waals surface area contributed by atoms with Crippen LogP contribution in [0.15, 0.2) is 78.7 Å². The number of carbonyl (C=O) groups is 2. The molecule has 0 atom stereocenters. The summed E-state index contributed by atoms with van der Waals surface area (Å²) in [6.45, 7) is 13.0. The minimum atomic E-state index is -0.859. The van der Waals surface area contributed by atoms with Gasteiger partial charge in [0.15, 0.2) is 5.82 Å². The third-order valence-electron chi connectivity index (χ3n) is 4.13. The van der Waals surface area contributed by atoms with Gasteiger partial charge in [-0.3, -0.25) is 10.2 Å². The monoisotopic (exact) mass is 541 g/mol. The molecule has 10 heteroatoms. The smallest absolute Gasteiger partial charge is 0.421 e. The van der Waals surface area contributed by atoms with Gasteiger partial charge >= 0.3 is 6.09 Å². The molecule has 2 rings (SSSR count). The van der Waals surface area contributed by atoms with Crippen LogP contribution in [-0.2, 0) is 11.3 Å². The lowest BCUT2D eigenvalue weighted by Crippen LogP contribution is -2.37. The summed E-state index contributed by atoms with van der Waals surface area (Å²) < 4.78 is 13.3. The van der Waals surface area contributed by atoms with Crippen LogP contribution in [0.1, 0.15) is 37.0 Å². The molecular formula is C25H28BrN5O4. The van der Waals surface area contributed by atoms with E-state index in [-0.39, 0.29) is 17.9 Å². The minimum Gasteiger partial charge on any atom is -0.489 e. The lowest BCUT2D eigenvalue weighted by Gasteiger charge is -2.24. The van der Waals surface area contributed by atoms with Crippen molar-refractivity contribution >= 4 is 33.6 Å². The number of rotatable bonds is 10. The van der Waals surface area contributed by atoms with E-state index < -0.39 is 17.6 Å². The summed E-state index contributed by atoms with van der Waals surface area (Å²) in [7, 11) is 0. The predicted octanol–water partition coefficient (Wildman–Crippen LogP) is 5.31. The molecule has 2 amide bonds. The molecule has 0 saturated carbocycles. The maximum atomic E-state index is 13.4. The molecule has 0 aliphatic heterocycles. The fourth-order valence-corrected chi connectivity index (χ4v) is 3.06. The third kappa shape index (κ3) is 8.18. The quantitative estimate of drug-likeness (QED) is 0.248. The highest BCUT2D eigenvalue weighted by Gasteiger charge is 2.28. The standard InChI is InChI=1S/C25H28BrN5O4/c1-6-13-30-17-28-29-22(30)20(27)10-8-9-14-31(24(33)35-25(3,4)5)23(32)19-16-18(26)11-12-21(19)34-15-7-2/h6-12,14,16-17,27H,1-2,13,15H2,3-5H3/b10-8-,14-9+,27-20?. The van der Waals surface area contributed by atoms with Crippen molar-refractivity contribution in [3.8, 4) is 5.75 Å². The summed E-state index contributed by atoms with van der Waals surface area (Å²) in [5.74, 6) is -0.00299. The Morgan fingerprint density at radius 1 is 1.23 bits per heavy atom. The van der Waals surface area contributed by atoms with Crippen LogP contribution in [0.5, 0.6) is 5.75 Å². The Morgan fingerprint density at radius 2 is 1.97 bits per heavy atom. The van der Waals surface area contributed by atoms with Gasteiger partial charge in [-0.1, -0.05) is 40.7 Å². The molecule has 1 aromatic heterocycles. The summed E-state index contributed by atoms with van der Waals surface area (Å²) in [5, 5.41) is 15.9. The number of hydrogen-bond acceptors (Lipinski definition) is 7. The zero-order valence-electron chi connectivity index (χ0n) is 19.9. The molecule has 1 heterocycles. The molecule has 0 aliphatic rings. The third-order valence-corrected chi connectivity index (χ3v) is 4.62. The molecule has 184 valence electrons. The molecule has 0 spiro atoms. The van der Waals surface area contributed by atoms with Crippen LogP contribution >= 0.6 is 15.9 Å². The van der Waals surface area contributed by atoms with Crippen molar-refractivity contribution in [3.05, 3.63) is 90.1 Å². The van der Waals surface area contributed by atoms with E-state index in [2.05, 4.69) is 39.3 Å². The van der Waals surface area contributed by atoms with Crippen molar-refractivity contribution in [2.24, 2.45) is 0 Å². The molecule has 1 N–H and O–H groups in total. The molecule has 9 nitrogen and oxygen atoms in total. The number of carbonyl (C=O) groups excluding carboxylic acids is 2. The molecule has 0 unspecified atom stereocenters. The van der Waals surface area contributed by atoms with E-state index in [4.69, 9.17) is 14.9 Å². The van der Waals surface area contributed by atoms with Crippen LogP contribution < -0.4 is 4.74 Å². The molecule has 0 fully saturated rings. The number of hydrogen-bond donors (Lipinski definition) is 1. The summed E-state index contributed by atoms with van der Waals surface area (Å²) in [6.07, 6.45) is 9.57. The van der Waals surface area contributed by atoms with Crippen LogP contribution in [0.25, 0.3) is 0 Å². The highest BCUT2D eigenvalue weighted by Crippen LogP contribution is 2.26. The highest BCUT2D eigenvalue weighted by atomic mass is 79.9. The molecule has 1 aromatic carbocycles. The zero-order chi connectivity index (χ0) is 26.0. The van der Waals surface area contributed by atoms with Crippen molar-refractivity contribution < 1.29 is 19.1 Å². The van der Waals surface area contributed by atoms with Gasteiger partial charge in [0, 0.05) is 17.2 Å². The number of aromatic nitrogens is 3. The molecule has 35 heavy (non-hydrogen) atoms. The van der Waals surface area contributed by atoms with Crippen LogP contribution in [0, 0.1) is 5.41 Å². The van der Waals surface area contributed by atoms with Gasteiger partial charge in [0.05, 0.1) is 11.3 Å². The second-order valence-electron chi connectivity index (χ2n) is 8.11. The Balaban J connectivity index is 2.34. The van der Waals surface area contributed by atoms with Gasteiger partial charge in [0.2, 0.25) is 0 Å². The number of ether oxygens (including phenoxy) is 2. The predicted molar refractivity (Wildman–Crippen MR) is 138 cm³/mol. The normalized spacial score (nSPS) is 11.4. The van der Waals surface area contributed by atoms with Crippen molar-refractivity contribution in [1.82, 2.24) is 19.7 Å². The number of allylic oxidation sites excluding steroid dienone is 4. The SMILES string of the molecule is C=CCOc1ccc(Br)cc1C(=O)N(/C=C/C=C\C(=N)c1nncn1CC=C)C(=O)OC(C)(C)C. The summed E-state index contributed by atoms with van der Waals surface area (Å²) in [5.41, 5.74) is -0.571. The number of benzene rings is 1. The van der Waals surface area contributed by atoms with E-state index in [0.717, 1.165) is 4.90 Å². The largest absolute Gasteiger partial charge is 0.489 e. The van der Waals surface area contributed by atoms with E-state index in [1.807, 2.05) is 0 Å². The first-order chi connectivity index (χ1) is 16.6. The van der Waals surface area contributed by atoms with E-state index in [9.17, 15) is 9.59 Å². The molecule has 0 aliphatic carbocycles. The van der Waals surface area contributed by atoms with Gasteiger partial charge in [-0.25, -0.2) is 9.69 Å². The summed E-state index contributed by atoms with van der Waals surface area (Å²) >= 11 is 3.35. The van der Waals surface area contributed by atoms with Gasteiger partial charge in [-0.15, -0.1) is 16.8 Å². The highest BCUT2D eigenvalue weighted by molar-refractivity contribution is 9.10. The van der Waals surface area contributed by atoms with Crippen molar-refractivity contribution in [1.29, 1.82) is 5.41 Å². The number of nitrogens with zero attached hydrogens (tertiary/aromatic N) is 4. The van der Waals surface area contributed by atoms with E-state index in [0.29, 0.717) is 22.6 Å². The van der Waals surface area contributed by atoms with Gasteiger partial charge in [-0.2, -0.15) is 0 Å². The first-order valence-electron chi connectivity index (χ1n) is 10.6. The lowest BCUT2D eigenvalue weighted by molar-refractivity contribution is 0.0317. The van der Waals surface area contributed by atoms with Gasteiger partial charge in [0.1, 0.15) is 24.3 Å². The Morgan fingerprint density at radius 3 is 2.63 bits per heavy atom. The van der Waals surface area contributed by atoms with E-state index in [1.165, 1.54) is 30.8 Å². The topological polar surface area (TPSA) is 110 Å². The molecule has 0 bridgehead atoms. The minimum absolute atomic E-state index is 0.0937. The summed E-state index contributed by atoms with van der Waals surface area (Å²) in [4.78, 5) is 27.1. The fraction of sp³-hybridized carbons (Fsp3) is 0.240. The van der Waals surface area contributed by atoms with Crippen molar-refractivity contribution in [3.63, 3.8) is 0 Å². The summed E-state index contributed by atoms with van der Waals surface area (Å²) in [6, 6.07) is 4.91. The average Bonchev–Trinajstić information content (AvgIpc) is 3.25. The Hall–Kier alpha value is -3.79. The fourth-order valence-electron chi connectivity index (χ4n) is 2.69. The average molecular weight is 542 g/mol. The van der Waals surface area contributed by atoms with Crippen molar-refractivity contribution in [2.45, 2.75) is 32.9 Å². The first-order valence-corrected chi connectivity index (χ1v) is 11.4. The van der Waals surface area contributed by atoms with Gasteiger partial charge in [-0.05, 0) is 51.1 Å². The van der Waals surface area contributed by atoms with Crippen LogP contribution in [0.4, 0.5) is 4.79 Å². The second-order valence-corrected chi connectivity index (χ2v) is 9.02. The molecular weight excluding hydrogens is 514 g/mol. The van der Waals surface area contributed by atoms with Crippen LogP contribution in [0.2, 0.25) is 0 Å². The lowest BCUT2D eigenvalue weighted by atomic mass is 10.1. The van der Waals surface area contributed by atoms with E-state index in [1.54, 1.807) is 55.7 Å². The number of nitrogens with one attached hydrogen (secondary N) is 1. The molecule has 0 radical (unpaired) electrons. The number of amides is 2. The van der Waals surface area contributed by atoms with E-state index >= 15 is 0 Å². The van der Waals surface area contributed by atoms with Crippen LogP contribution in [0.3, 0.4) is 0 Å². The maximum Gasteiger partial charge on any atom is 0.421 e. The Bertz CT molecular complexity index is 1160. The number of halogens is 1. The number of imide groups is 1. The Labute approximate surface area is 213 Å². The second kappa shape index (κ2) is 12.6. The maximum absolute atomic E-state index is 13.4. The molecule has 0 saturated heterocycles. The first kappa shape index (κ1) is 27.5. The zero-order valence-corrected chi connectivity index (χ0v) is 21.5. The van der Waals surface area contributed by atoms with Gasteiger partial charge < -0.3 is 14.0 Å². The van der Waals surface area contributed by atoms with Gasteiger partial charge in [0.25, 0.3) is 5.91 Å².